The number of hydrogen-bond acceptors (Lipinski definition) is 4. The van der Waals surface area contributed by atoms with Gasteiger partial charge in [0, 0.05) is 6.42 Å². The van der Waals surface area contributed by atoms with Crippen LogP contribution in [0.4, 0.5) is 5.69 Å². The highest BCUT2D eigenvalue weighted by Crippen LogP contribution is 2.25. The summed E-state index contributed by atoms with van der Waals surface area (Å²) < 4.78 is 10.9. The number of ether oxygens (including phenoxy) is 2. The summed E-state index contributed by atoms with van der Waals surface area (Å²) in [6.45, 7) is 4.42. The van der Waals surface area contributed by atoms with E-state index in [4.69, 9.17) is 9.47 Å². The monoisotopic (exact) mass is 327 g/mol. The van der Waals surface area contributed by atoms with E-state index in [-0.39, 0.29) is 5.91 Å². The van der Waals surface area contributed by atoms with E-state index < -0.39 is 5.97 Å². The topological polar surface area (TPSA) is 64.6 Å². The minimum Gasteiger partial charge on any atom is -0.494 e. The number of amides is 1. The SMILES string of the molecule is CCCOc1ccc(C(=O)Oc2ccccc2NC(=O)CC)cc1. The van der Waals surface area contributed by atoms with Crippen LogP contribution in [0.15, 0.2) is 48.5 Å². The summed E-state index contributed by atoms with van der Waals surface area (Å²) in [7, 11) is 0. The van der Waals surface area contributed by atoms with E-state index in [1.54, 1.807) is 55.5 Å². The lowest BCUT2D eigenvalue weighted by molar-refractivity contribution is -0.115. The van der Waals surface area contributed by atoms with E-state index in [2.05, 4.69) is 5.32 Å². The summed E-state index contributed by atoms with van der Waals surface area (Å²) in [6.07, 6.45) is 1.27. The normalized spacial score (nSPS) is 10.1. The number of para-hydroxylation sites is 2. The van der Waals surface area contributed by atoms with Gasteiger partial charge in [-0.1, -0.05) is 26.0 Å². The number of carbonyl (C=O) groups is 2. The van der Waals surface area contributed by atoms with Crippen molar-refractivity contribution in [1.29, 1.82) is 0 Å². The molecule has 1 N–H and O–H groups in total. The molecule has 0 aliphatic rings. The van der Waals surface area contributed by atoms with Crippen LogP contribution in [0.5, 0.6) is 11.5 Å². The minimum atomic E-state index is -0.491. The Morgan fingerprint density at radius 3 is 2.38 bits per heavy atom. The number of benzene rings is 2. The van der Waals surface area contributed by atoms with Gasteiger partial charge in [-0.2, -0.15) is 0 Å². The molecule has 0 spiro atoms. The van der Waals surface area contributed by atoms with Gasteiger partial charge in [0.15, 0.2) is 5.75 Å². The summed E-state index contributed by atoms with van der Waals surface area (Å²) in [4.78, 5) is 23.8. The Morgan fingerprint density at radius 1 is 1.00 bits per heavy atom. The lowest BCUT2D eigenvalue weighted by Gasteiger charge is -2.11. The molecule has 0 atom stereocenters. The largest absolute Gasteiger partial charge is 0.494 e. The van der Waals surface area contributed by atoms with Crippen LogP contribution in [0.25, 0.3) is 0 Å². The molecule has 0 fully saturated rings. The lowest BCUT2D eigenvalue weighted by atomic mass is 10.2. The second kappa shape index (κ2) is 8.72. The van der Waals surface area contributed by atoms with Crippen molar-refractivity contribution in [2.45, 2.75) is 26.7 Å². The Labute approximate surface area is 141 Å². The molecule has 0 unspecified atom stereocenters. The molecule has 5 heteroatoms. The minimum absolute atomic E-state index is 0.143. The van der Waals surface area contributed by atoms with Crippen LogP contribution in [0.1, 0.15) is 37.0 Å². The fourth-order valence-electron chi connectivity index (χ4n) is 1.96. The lowest BCUT2D eigenvalue weighted by Crippen LogP contribution is -2.13. The number of rotatable bonds is 7. The second-order valence-electron chi connectivity index (χ2n) is 5.16. The molecule has 2 aromatic carbocycles. The van der Waals surface area contributed by atoms with Gasteiger partial charge in [-0.15, -0.1) is 0 Å². The quantitative estimate of drug-likeness (QED) is 0.615. The Hall–Kier alpha value is -2.82. The third-order valence-electron chi connectivity index (χ3n) is 3.25. The number of nitrogens with one attached hydrogen (secondary N) is 1. The first-order valence-corrected chi connectivity index (χ1v) is 7.98. The molecular formula is C19H21NO4. The molecule has 0 saturated carbocycles. The van der Waals surface area contributed by atoms with Crippen LogP contribution in [0.2, 0.25) is 0 Å². The van der Waals surface area contributed by atoms with Crippen molar-refractivity contribution in [3.63, 3.8) is 0 Å². The Balaban J connectivity index is 2.08. The first-order chi connectivity index (χ1) is 11.6. The zero-order chi connectivity index (χ0) is 17.4. The molecule has 1 amide bonds. The van der Waals surface area contributed by atoms with E-state index >= 15 is 0 Å². The zero-order valence-corrected chi connectivity index (χ0v) is 13.9. The van der Waals surface area contributed by atoms with Crippen molar-refractivity contribution in [3.8, 4) is 11.5 Å². The molecule has 0 bridgehead atoms. The molecular weight excluding hydrogens is 306 g/mol. The van der Waals surface area contributed by atoms with E-state index in [0.29, 0.717) is 35.8 Å². The third kappa shape index (κ3) is 4.84. The molecule has 0 radical (unpaired) electrons. The van der Waals surface area contributed by atoms with Crippen LogP contribution in [-0.4, -0.2) is 18.5 Å². The molecule has 2 aromatic rings. The summed E-state index contributed by atoms with van der Waals surface area (Å²) in [6, 6.07) is 13.6. The summed E-state index contributed by atoms with van der Waals surface area (Å²) in [5, 5.41) is 2.71. The van der Waals surface area contributed by atoms with Crippen molar-refractivity contribution >= 4 is 17.6 Å². The smallest absolute Gasteiger partial charge is 0.343 e. The van der Waals surface area contributed by atoms with Gasteiger partial charge in [0.1, 0.15) is 5.75 Å². The third-order valence-corrected chi connectivity index (χ3v) is 3.25. The molecule has 5 nitrogen and oxygen atoms in total. The van der Waals surface area contributed by atoms with E-state index in [0.717, 1.165) is 6.42 Å². The Morgan fingerprint density at radius 2 is 1.71 bits per heavy atom. The van der Waals surface area contributed by atoms with E-state index in [1.807, 2.05) is 6.92 Å². The van der Waals surface area contributed by atoms with Gasteiger partial charge in [0.25, 0.3) is 0 Å². The highest BCUT2D eigenvalue weighted by atomic mass is 16.5. The Kier molecular flexibility index (Phi) is 6.37. The van der Waals surface area contributed by atoms with Gasteiger partial charge in [-0.25, -0.2) is 4.79 Å². The van der Waals surface area contributed by atoms with Crippen LogP contribution in [0, 0.1) is 0 Å². The summed E-state index contributed by atoms with van der Waals surface area (Å²) >= 11 is 0. The predicted molar refractivity (Wildman–Crippen MR) is 92.5 cm³/mol. The van der Waals surface area contributed by atoms with Gasteiger partial charge in [0.2, 0.25) is 5.91 Å². The van der Waals surface area contributed by atoms with Crippen LogP contribution in [-0.2, 0) is 4.79 Å². The van der Waals surface area contributed by atoms with Crippen molar-refractivity contribution in [2.24, 2.45) is 0 Å². The summed E-state index contributed by atoms with van der Waals surface area (Å²) in [5.41, 5.74) is 0.885. The highest BCUT2D eigenvalue weighted by Gasteiger charge is 2.12. The van der Waals surface area contributed by atoms with Gasteiger partial charge < -0.3 is 14.8 Å². The van der Waals surface area contributed by atoms with Crippen molar-refractivity contribution in [3.05, 3.63) is 54.1 Å². The van der Waals surface area contributed by atoms with E-state index in [9.17, 15) is 9.59 Å². The number of carbonyl (C=O) groups excluding carboxylic acids is 2. The van der Waals surface area contributed by atoms with Gasteiger partial charge in [0.05, 0.1) is 17.9 Å². The first kappa shape index (κ1) is 17.5. The maximum absolute atomic E-state index is 12.3. The molecule has 0 aromatic heterocycles. The van der Waals surface area contributed by atoms with Gasteiger partial charge in [-0.05, 0) is 42.8 Å². The number of anilines is 1. The number of hydrogen-bond donors (Lipinski definition) is 1. The maximum atomic E-state index is 12.3. The number of esters is 1. The van der Waals surface area contributed by atoms with Gasteiger partial charge in [-0.3, -0.25) is 4.79 Å². The molecule has 126 valence electrons. The van der Waals surface area contributed by atoms with Crippen LogP contribution >= 0.6 is 0 Å². The van der Waals surface area contributed by atoms with Crippen LogP contribution in [0.3, 0.4) is 0 Å². The van der Waals surface area contributed by atoms with Gasteiger partial charge >= 0.3 is 5.97 Å². The molecule has 2 rings (SSSR count). The fraction of sp³-hybridized carbons (Fsp3) is 0.263. The molecule has 24 heavy (non-hydrogen) atoms. The summed E-state index contributed by atoms with van der Waals surface area (Å²) in [5.74, 6) is 0.394. The molecule has 0 saturated heterocycles. The first-order valence-electron chi connectivity index (χ1n) is 7.98. The fourth-order valence-corrected chi connectivity index (χ4v) is 1.96. The maximum Gasteiger partial charge on any atom is 0.343 e. The van der Waals surface area contributed by atoms with Crippen LogP contribution < -0.4 is 14.8 Å². The molecule has 0 aliphatic heterocycles. The molecule has 0 aliphatic carbocycles. The second-order valence-corrected chi connectivity index (χ2v) is 5.16. The van der Waals surface area contributed by atoms with Crippen molar-refractivity contribution in [2.75, 3.05) is 11.9 Å². The molecule has 0 heterocycles. The average Bonchev–Trinajstić information content (AvgIpc) is 2.61. The average molecular weight is 327 g/mol. The van der Waals surface area contributed by atoms with Crippen molar-refractivity contribution in [1.82, 2.24) is 0 Å². The zero-order valence-electron chi connectivity index (χ0n) is 13.9. The standard InChI is InChI=1S/C19H21NO4/c1-3-13-23-15-11-9-14(10-12-15)19(22)24-17-8-6-5-7-16(17)20-18(21)4-2/h5-12H,3-4,13H2,1-2H3,(H,20,21). The highest BCUT2D eigenvalue weighted by molar-refractivity contribution is 5.95. The van der Waals surface area contributed by atoms with E-state index in [1.165, 1.54) is 0 Å². The predicted octanol–water partition coefficient (Wildman–Crippen LogP) is 4.04. The Bertz CT molecular complexity index is 695. The van der Waals surface area contributed by atoms with Crippen molar-refractivity contribution < 1.29 is 19.1 Å².